The summed E-state index contributed by atoms with van der Waals surface area (Å²) >= 11 is 0. The molecule has 1 aliphatic rings. The lowest BCUT2D eigenvalue weighted by molar-refractivity contribution is 0.0416. The summed E-state index contributed by atoms with van der Waals surface area (Å²) in [5.41, 5.74) is 0. The van der Waals surface area contributed by atoms with E-state index in [0.29, 0.717) is 6.04 Å². The van der Waals surface area contributed by atoms with Crippen LogP contribution in [0.2, 0.25) is 0 Å². The summed E-state index contributed by atoms with van der Waals surface area (Å²) in [6.45, 7) is 7.40. The van der Waals surface area contributed by atoms with E-state index in [9.17, 15) is 0 Å². The fourth-order valence-electron chi connectivity index (χ4n) is 1.37. The molecular formula is C8H17NO2. The smallest absolute Gasteiger partial charge is 0.0983 e. The molecule has 1 fully saturated rings. The lowest BCUT2D eigenvalue weighted by Crippen LogP contribution is -2.40. The van der Waals surface area contributed by atoms with Crippen molar-refractivity contribution in [1.82, 2.24) is 5.32 Å². The van der Waals surface area contributed by atoms with E-state index in [1.165, 1.54) is 0 Å². The van der Waals surface area contributed by atoms with Gasteiger partial charge in [-0.3, -0.25) is 0 Å². The Kier molecular flexibility index (Phi) is 3.83. The molecule has 11 heavy (non-hydrogen) atoms. The first-order valence-corrected chi connectivity index (χ1v) is 4.31. The van der Waals surface area contributed by atoms with E-state index >= 15 is 0 Å². The highest BCUT2D eigenvalue weighted by molar-refractivity contribution is 4.81. The Morgan fingerprint density at radius 2 is 2.27 bits per heavy atom. The maximum atomic E-state index is 5.48. The average Bonchev–Trinajstić information content (AvgIpc) is 2.39. The molecule has 1 heterocycles. The van der Waals surface area contributed by atoms with Crippen molar-refractivity contribution in [3.63, 3.8) is 0 Å². The fraction of sp³-hybridized carbons (Fsp3) is 1.00. The number of rotatable bonds is 4. The number of hydrogen-bond donors (Lipinski definition) is 1. The topological polar surface area (TPSA) is 30.5 Å². The second kappa shape index (κ2) is 4.70. The Morgan fingerprint density at radius 1 is 1.45 bits per heavy atom. The first-order chi connectivity index (χ1) is 5.38. The van der Waals surface area contributed by atoms with Crippen LogP contribution in [-0.2, 0) is 9.47 Å². The molecule has 66 valence electrons. The maximum Gasteiger partial charge on any atom is 0.0983 e. The SMILES string of the molecule is CCN[C@H]1COC[C@@H]1OCC. The lowest BCUT2D eigenvalue weighted by atomic mass is 10.2. The Bertz CT molecular complexity index is 96.3. The molecule has 0 aromatic carbocycles. The van der Waals surface area contributed by atoms with E-state index < -0.39 is 0 Å². The van der Waals surface area contributed by atoms with E-state index in [0.717, 1.165) is 26.4 Å². The van der Waals surface area contributed by atoms with Gasteiger partial charge in [-0.1, -0.05) is 6.92 Å². The van der Waals surface area contributed by atoms with E-state index in [-0.39, 0.29) is 6.10 Å². The third-order valence-corrected chi connectivity index (χ3v) is 1.88. The summed E-state index contributed by atoms with van der Waals surface area (Å²) in [6.07, 6.45) is 0.264. The molecule has 0 aliphatic carbocycles. The van der Waals surface area contributed by atoms with Gasteiger partial charge in [-0.25, -0.2) is 0 Å². The predicted molar refractivity (Wildman–Crippen MR) is 43.7 cm³/mol. The molecule has 0 unspecified atom stereocenters. The van der Waals surface area contributed by atoms with Gasteiger partial charge in [0.05, 0.1) is 25.4 Å². The van der Waals surface area contributed by atoms with E-state index in [1.807, 2.05) is 6.92 Å². The molecule has 0 amide bonds. The summed E-state index contributed by atoms with van der Waals surface area (Å²) in [4.78, 5) is 0. The third kappa shape index (κ3) is 2.43. The Balaban J connectivity index is 2.25. The monoisotopic (exact) mass is 159 g/mol. The zero-order valence-corrected chi connectivity index (χ0v) is 7.30. The van der Waals surface area contributed by atoms with Gasteiger partial charge in [-0.2, -0.15) is 0 Å². The van der Waals surface area contributed by atoms with Crippen LogP contribution in [0.5, 0.6) is 0 Å². The van der Waals surface area contributed by atoms with Gasteiger partial charge >= 0.3 is 0 Å². The fourth-order valence-corrected chi connectivity index (χ4v) is 1.37. The van der Waals surface area contributed by atoms with Gasteiger partial charge in [0.1, 0.15) is 0 Å². The van der Waals surface area contributed by atoms with Gasteiger partial charge in [-0.05, 0) is 13.5 Å². The van der Waals surface area contributed by atoms with Crippen LogP contribution in [0, 0.1) is 0 Å². The highest BCUT2D eigenvalue weighted by atomic mass is 16.5. The third-order valence-electron chi connectivity index (χ3n) is 1.88. The molecule has 0 saturated carbocycles. The maximum absolute atomic E-state index is 5.48. The first-order valence-electron chi connectivity index (χ1n) is 4.31. The van der Waals surface area contributed by atoms with Gasteiger partial charge < -0.3 is 14.8 Å². The van der Waals surface area contributed by atoms with Crippen LogP contribution in [0.3, 0.4) is 0 Å². The molecule has 1 saturated heterocycles. The van der Waals surface area contributed by atoms with Crippen LogP contribution in [0.1, 0.15) is 13.8 Å². The van der Waals surface area contributed by atoms with Gasteiger partial charge in [0.2, 0.25) is 0 Å². The summed E-state index contributed by atoms with van der Waals surface area (Å²) in [6, 6.07) is 0.403. The molecule has 1 aliphatic heterocycles. The van der Waals surface area contributed by atoms with E-state index in [1.54, 1.807) is 0 Å². The van der Waals surface area contributed by atoms with E-state index in [2.05, 4.69) is 12.2 Å². The molecule has 1 rings (SSSR count). The number of likely N-dealkylation sites (N-methyl/N-ethyl adjacent to an activating group) is 1. The van der Waals surface area contributed by atoms with Gasteiger partial charge in [0.25, 0.3) is 0 Å². The van der Waals surface area contributed by atoms with E-state index in [4.69, 9.17) is 9.47 Å². The molecule has 0 aromatic rings. The Hall–Kier alpha value is -0.120. The Morgan fingerprint density at radius 3 is 2.91 bits per heavy atom. The van der Waals surface area contributed by atoms with Crippen molar-refractivity contribution in [2.24, 2.45) is 0 Å². The summed E-state index contributed by atoms with van der Waals surface area (Å²) in [5, 5.41) is 3.33. The van der Waals surface area contributed by atoms with Crippen molar-refractivity contribution < 1.29 is 9.47 Å². The average molecular weight is 159 g/mol. The lowest BCUT2D eigenvalue weighted by Gasteiger charge is -2.17. The zero-order valence-electron chi connectivity index (χ0n) is 7.30. The largest absolute Gasteiger partial charge is 0.377 e. The van der Waals surface area contributed by atoms with Gasteiger partial charge in [-0.15, -0.1) is 0 Å². The summed E-state index contributed by atoms with van der Waals surface area (Å²) in [7, 11) is 0. The van der Waals surface area contributed by atoms with Crippen molar-refractivity contribution in [2.75, 3.05) is 26.4 Å². The second-order valence-electron chi connectivity index (χ2n) is 2.70. The van der Waals surface area contributed by atoms with Crippen LogP contribution in [0.25, 0.3) is 0 Å². The van der Waals surface area contributed by atoms with Crippen molar-refractivity contribution in [1.29, 1.82) is 0 Å². The minimum Gasteiger partial charge on any atom is -0.377 e. The van der Waals surface area contributed by atoms with Crippen molar-refractivity contribution in [3.8, 4) is 0 Å². The minimum atomic E-state index is 0.264. The Labute approximate surface area is 68.1 Å². The van der Waals surface area contributed by atoms with Crippen LogP contribution in [0.4, 0.5) is 0 Å². The highest BCUT2D eigenvalue weighted by Crippen LogP contribution is 2.08. The molecule has 2 atom stereocenters. The normalized spacial score (nSPS) is 31.1. The molecule has 0 radical (unpaired) electrons. The molecule has 3 heteroatoms. The van der Waals surface area contributed by atoms with Crippen LogP contribution >= 0.6 is 0 Å². The molecule has 1 N–H and O–H groups in total. The summed E-state index contributed by atoms with van der Waals surface area (Å²) < 4.78 is 10.8. The van der Waals surface area contributed by atoms with Crippen LogP contribution < -0.4 is 5.32 Å². The predicted octanol–water partition coefficient (Wildman–Crippen LogP) is 0.400. The molecular weight excluding hydrogens is 142 g/mol. The molecule has 0 aromatic heterocycles. The minimum absolute atomic E-state index is 0.264. The quantitative estimate of drug-likeness (QED) is 0.644. The number of hydrogen-bond acceptors (Lipinski definition) is 3. The summed E-state index contributed by atoms with van der Waals surface area (Å²) in [5.74, 6) is 0. The number of nitrogens with one attached hydrogen (secondary N) is 1. The standard InChI is InChI=1S/C8H17NO2/c1-3-9-7-5-10-6-8(7)11-4-2/h7-9H,3-6H2,1-2H3/t7-,8-/m0/s1. The number of ether oxygens (including phenoxy) is 2. The van der Waals surface area contributed by atoms with Crippen molar-refractivity contribution in [2.45, 2.75) is 26.0 Å². The molecule has 0 spiro atoms. The molecule has 0 bridgehead atoms. The van der Waals surface area contributed by atoms with Gasteiger partial charge in [0.15, 0.2) is 0 Å². The van der Waals surface area contributed by atoms with Crippen LogP contribution in [0.15, 0.2) is 0 Å². The highest BCUT2D eigenvalue weighted by Gasteiger charge is 2.27. The van der Waals surface area contributed by atoms with Crippen molar-refractivity contribution in [3.05, 3.63) is 0 Å². The van der Waals surface area contributed by atoms with Gasteiger partial charge in [0, 0.05) is 6.61 Å². The first kappa shape index (κ1) is 8.97. The van der Waals surface area contributed by atoms with Crippen LogP contribution in [-0.4, -0.2) is 38.5 Å². The second-order valence-corrected chi connectivity index (χ2v) is 2.70. The zero-order chi connectivity index (χ0) is 8.10. The van der Waals surface area contributed by atoms with Crippen molar-refractivity contribution >= 4 is 0 Å². The molecule has 3 nitrogen and oxygen atoms in total.